The molecule has 0 amide bonds. The van der Waals surface area contributed by atoms with Crippen LogP contribution < -0.4 is 10.7 Å². The monoisotopic (exact) mass is 317 g/mol. The van der Waals surface area contributed by atoms with Gasteiger partial charge in [0.15, 0.2) is 5.11 Å². The SMILES string of the molecule is Cc1cccc(C)c1NC(=S)N/N=C/c1ccccc1Cl. The number of aryl methyl sites for hydroxylation is 2. The molecule has 108 valence electrons. The van der Waals surface area contributed by atoms with E-state index in [0.717, 1.165) is 22.4 Å². The molecule has 0 radical (unpaired) electrons. The highest BCUT2D eigenvalue weighted by Gasteiger charge is 2.03. The van der Waals surface area contributed by atoms with Crippen LogP contribution in [0.3, 0.4) is 0 Å². The van der Waals surface area contributed by atoms with Gasteiger partial charge in [-0.2, -0.15) is 5.10 Å². The van der Waals surface area contributed by atoms with Crippen LogP contribution in [-0.2, 0) is 0 Å². The number of hydrogen-bond donors (Lipinski definition) is 2. The minimum absolute atomic E-state index is 0.440. The Balaban J connectivity index is 1.98. The molecule has 0 saturated carbocycles. The Morgan fingerprint density at radius 2 is 1.76 bits per heavy atom. The van der Waals surface area contributed by atoms with Crippen molar-refractivity contribution < 1.29 is 0 Å². The summed E-state index contributed by atoms with van der Waals surface area (Å²) in [6, 6.07) is 13.6. The minimum atomic E-state index is 0.440. The summed E-state index contributed by atoms with van der Waals surface area (Å²) in [6.07, 6.45) is 1.64. The number of para-hydroxylation sites is 1. The first kappa shape index (κ1) is 15.5. The third-order valence-corrected chi connectivity index (χ3v) is 3.53. The molecular formula is C16H16ClN3S. The minimum Gasteiger partial charge on any atom is -0.331 e. The molecular weight excluding hydrogens is 302 g/mol. The van der Waals surface area contributed by atoms with Crippen molar-refractivity contribution in [2.24, 2.45) is 5.10 Å². The Kier molecular flexibility index (Phi) is 5.31. The smallest absolute Gasteiger partial charge is 0.191 e. The first-order chi connectivity index (χ1) is 10.1. The summed E-state index contributed by atoms with van der Waals surface area (Å²) in [5.74, 6) is 0. The summed E-state index contributed by atoms with van der Waals surface area (Å²) in [7, 11) is 0. The maximum Gasteiger partial charge on any atom is 0.191 e. The average Bonchev–Trinajstić information content (AvgIpc) is 2.45. The Hall–Kier alpha value is -1.91. The topological polar surface area (TPSA) is 36.4 Å². The molecule has 0 aromatic heterocycles. The van der Waals surface area contributed by atoms with Crippen molar-refractivity contribution in [3.8, 4) is 0 Å². The van der Waals surface area contributed by atoms with Gasteiger partial charge in [-0.1, -0.05) is 48.0 Å². The fourth-order valence-corrected chi connectivity index (χ4v) is 2.23. The summed E-state index contributed by atoms with van der Waals surface area (Å²) < 4.78 is 0. The highest BCUT2D eigenvalue weighted by atomic mass is 35.5. The van der Waals surface area contributed by atoms with Crippen molar-refractivity contribution in [1.29, 1.82) is 0 Å². The Labute approximate surface area is 135 Å². The van der Waals surface area contributed by atoms with Gasteiger partial charge in [0, 0.05) is 16.3 Å². The van der Waals surface area contributed by atoms with Crippen LogP contribution in [-0.4, -0.2) is 11.3 Å². The van der Waals surface area contributed by atoms with E-state index in [0.29, 0.717) is 10.1 Å². The highest BCUT2D eigenvalue weighted by molar-refractivity contribution is 7.80. The quantitative estimate of drug-likeness (QED) is 0.504. The van der Waals surface area contributed by atoms with Crippen molar-refractivity contribution in [1.82, 2.24) is 5.43 Å². The second-order valence-corrected chi connectivity index (χ2v) is 5.43. The summed E-state index contributed by atoms with van der Waals surface area (Å²) in [5, 5.41) is 8.34. The molecule has 0 saturated heterocycles. The molecule has 5 heteroatoms. The zero-order chi connectivity index (χ0) is 15.2. The number of thiocarbonyl (C=S) groups is 1. The van der Waals surface area contributed by atoms with Crippen molar-refractivity contribution in [3.05, 3.63) is 64.2 Å². The Bertz CT molecular complexity index is 663. The van der Waals surface area contributed by atoms with Gasteiger partial charge in [0.05, 0.1) is 6.21 Å². The fraction of sp³-hybridized carbons (Fsp3) is 0.125. The van der Waals surface area contributed by atoms with Gasteiger partial charge in [0.1, 0.15) is 0 Å². The van der Waals surface area contributed by atoms with Crippen LogP contribution >= 0.6 is 23.8 Å². The van der Waals surface area contributed by atoms with Gasteiger partial charge in [-0.05, 0) is 43.3 Å². The number of benzene rings is 2. The van der Waals surface area contributed by atoms with E-state index in [1.54, 1.807) is 6.21 Å². The maximum absolute atomic E-state index is 6.04. The van der Waals surface area contributed by atoms with Gasteiger partial charge in [-0.15, -0.1) is 0 Å². The van der Waals surface area contributed by atoms with Gasteiger partial charge >= 0.3 is 0 Å². The van der Waals surface area contributed by atoms with Gasteiger partial charge in [0.2, 0.25) is 0 Å². The molecule has 0 aliphatic heterocycles. The fourth-order valence-electron chi connectivity index (χ4n) is 1.89. The lowest BCUT2D eigenvalue weighted by Gasteiger charge is -2.12. The van der Waals surface area contributed by atoms with Crippen molar-refractivity contribution >= 4 is 40.8 Å². The largest absolute Gasteiger partial charge is 0.331 e. The van der Waals surface area contributed by atoms with Gasteiger partial charge in [-0.25, -0.2) is 0 Å². The maximum atomic E-state index is 6.04. The molecule has 0 atom stereocenters. The van der Waals surface area contributed by atoms with Crippen LogP contribution in [0.1, 0.15) is 16.7 Å². The molecule has 21 heavy (non-hydrogen) atoms. The summed E-state index contributed by atoms with van der Waals surface area (Å²) >= 11 is 11.3. The molecule has 2 aromatic rings. The predicted molar refractivity (Wildman–Crippen MR) is 94.3 cm³/mol. The molecule has 0 heterocycles. The molecule has 2 aromatic carbocycles. The van der Waals surface area contributed by atoms with E-state index in [4.69, 9.17) is 23.8 Å². The van der Waals surface area contributed by atoms with E-state index in [9.17, 15) is 0 Å². The third-order valence-electron chi connectivity index (χ3n) is 2.99. The number of halogens is 1. The summed E-state index contributed by atoms with van der Waals surface area (Å²) in [5.41, 5.74) is 6.90. The first-order valence-corrected chi connectivity index (χ1v) is 7.27. The predicted octanol–water partition coefficient (Wildman–Crippen LogP) is 4.28. The van der Waals surface area contributed by atoms with E-state index in [1.807, 2.05) is 56.3 Å². The lowest BCUT2D eigenvalue weighted by Crippen LogP contribution is -2.24. The van der Waals surface area contributed by atoms with Crippen LogP contribution in [0.4, 0.5) is 5.69 Å². The number of anilines is 1. The molecule has 0 spiro atoms. The van der Waals surface area contributed by atoms with Crippen LogP contribution in [0.25, 0.3) is 0 Å². The molecule has 0 aliphatic rings. The van der Waals surface area contributed by atoms with E-state index in [2.05, 4.69) is 15.8 Å². The summed E-state index contributed by atoms with van der Waals surface area (Å²) in [6.45, 7) is 4.07. The molecule has 2 N–H and O–H groups in total. The molecule has 3 nitrogen and oxygen atoms in total. The molecule has 2 rings (SSSR count). The Morgan fingerprint density at radius 3 is 2.43 bits per heavy atom. The number of rotatable bonds is 3. The van der Waals surface area contributed by atoms with E-state index in [1.165, 1.54) is 0 Å². The number of hydrazone groups is 1. The number of hydrogen-bond acceptors (Lipinski definition) is 2. The van der Waals surface area contributed by atoms with Crippen molar-refractivity contribution in [3.63, 3.8) is 0 Å². The molecule has 0 fully saturated rings. The molecule has 0 bridgehead atoms. The van der Waals surface area contributed by atoms with Crippen molar-refractivity contribution in [2.45, 2.75) is 13.8 Å². The normalized spacial score (nSPS) is 10.6. The lowest BCUT2D eigenvalue weighted by atomic mass is 10.1. The molecule has 0 aliphatic carbocycles. The van der Waals surface area contributed by atoms with Crippen LogP contribution in [0.2, 0.25) is 5.02 Å². The summed E-state index contributed by atoms with van der Waals surface area (Å²) in [4.78, 5) is 0. The second kappa shape index (κ2) is 7.20. The zero-order valence-electron chi connectivity index (χ0n) is 11.9. The van der Waals surface area contributed by atoms with E-state index >= 15 is 0 Å². The standard InChI is InChI=1S/C16H16ClN3S/c1-11-6-5-7-12(2)15(11)19-16(21)20-18-10-13-8-3-4-9-14(13)17/h3-10H,1-2H3,(H2,19,20,21)/b18-10+. The van der Waals surface area contributed by atoms with Crippen LogP contribution in [0.15, 0.2) is 47.6 Å². The van der Waals surface area contributed by atoms with Gasteiger partial charge in [0.25, 0.3) is 0 Å². The van der Waals surface area contributed by atoms with E-state index < -0.39 is 0 Å². The van der Waals surface area contributed by atoms with Crippen molar-refractivity contribution in [2.75, 3.05) is 5.32 Å². The Morgan fingerprint density at radius 1 is 1.10 bits per heavy atom. The van der Waals surface area contributed by atoms with Gasteiger partial charge < -0.3 is 5.32 Å². The first-order valence-electron chi connectivity index (χ1n) is 6.48. The highest BCUT2D eigenvalue weighted by Crippen LogP contribution is 2.19. The molecule has 0 unspecified atom stereocenters. The van der Waals surface area contributed by atoms with Crippen LogP contribution in [0.5, 0.6) is 0 Å². The number of nitrogens with one attached hydrogen (secondary N) is 2. The third kappa shape index (κ3) is 4.28. The zero-order valence-corrected chi connectivity index (χ0v) is 13.4. The lowest BCUT2D eigenvalue weighted by molar-refractivity contribution is 1.05. The second-order valence-electron chi connectivity index (χ2n) is 4.61. The van der Waals surface area contributed by atoms with Gasteiger partial charge in [-0.3, -0.25) is 5.43 Å². The average molecular weight is 318 g/mol. The number of nitrogens with zero attached hydrogens (tertiary/aromatic N) is 1. The van der Waals surface area contributed by atoms with Crippen LogP contribution in [0, 0.1) is 13.8 Å². The van der Waals surface area contributed by atoms with E-state index in [-0.39, 0.29) is 0 Å².